The maximum absolute atomic E-state index is 12.7. The topological polar surface area (TPSA) is 72.6 Å². The molecule has 9 heteroatoms. The van der Waals surface area contributed by atoms with Crippen LogP contribution in [-0.2, 0) is 4.74 Å². The molecule has 1 saturated carbocycles. The van der Waals surface area contributed by atoms with Crippen molar-refractivity contribution in [2.75, 3.05) is 13.1 Å². The van der Waals surface area contributed by atoms with Crippen LogP contribution in [0.3, 0.4) is 0 Å². The lowest BCUT2D eigenvalue weighted by atomic mass is 9.68. The molecule has 1 spiro atoms. The van der Waals surface area contributed by atoms with E-state index in [-0.39, 0.29) is 17.6 Å². The van der Waals surface area contributed by atoms with Crippen molar-refractivity contribution in [3.63, 3.8) is 0 Å². The molecular weight excluding hydrogens is 554 g/mol. The van der Waals surface area contributed by atoms with Crippen molar-refractivity contribution < 1.29 is 9.53 Å². The smallest absolute Gasteiger partial charge is 0.410 e. The quantitative estimate of drug-likeness (QED) is 0.301. The number of aliphatic imine (C=N–C) groups is 1. The van der Waals surface area contributed by atoms with Crippen LogP contribution in [0.5, 0.6) is 0 Å². The average molecular weight is 594 g/mol. The first-order chi connectivity index (χ1) is 19.4. The van der Waals surface area contributed by atoms with Gasteiger partial charge >= 0.3 is 6.09 Å². The average Bonchev–Trinajstić information content (AvgIpc) is 3.56. The number of likely N-dealkylation sites (tertiary alicyclic amines) is 1. The molecule has 1 aromatic carbocycles. The van der Waals surface area contributed by atoms with Crippen molar-refractivity contribution in [2.45, 2.75) is 98.1 Å². The predicted octanol–water partition coefficient (Wildman–Crippen LogP) is 8.10. The first-order valence-electron chi connectivity index (χ1n) is 14.7. The third kappa shape index (κ3) is 5.11. The van der Waals surface area contributed by atoms with Gasteiger partial charge in [-0.15, -0.1) is 21.5 Å². The molecule has 0 N–H and O–H groups in total. The molecule has 6 rings (SSSR count). The van der Waals surface area contributed by atoms with Gasteiger partial charge in [-0.3, -0.25) is 9.56 Å². The van der Waals surface area contributed by atoms with Gasteiger partial charge in [-0.05, 0) is 109 Å². The summed E-state index contributed by atoms with van der Waals surface area (Å²) in [5.41, 5.74) is 5.31. The van der Waals surface area contributed by atoms with Crippen molar-refractivity contribution in [3.05, 3.63) is 62.0 Å². The number of carbonyl (C=O) groups is 1. The minimum atomic E-state index is -0.462. The normalized spacial score (nSPS) is 24.2. The Labute approximate surface area is 252 Å². The lowest BCUT2D eigenvalue weighted by Crippen LogP contribution is -2.37. The Hall–Kier alpha value is -2.71. The van der Waals surface area contributed by atoms with Crippen molar-refractivity contribution in [3.8, 4) is 5.00 Å². The molecule has 4 heterocycles. The molecule has 0 radical (unpaired) electrons. The largest absolute Gasteiger partial charge is 0.444 e. The maximum atomic E-state index is 12.7. The van der Waals surface area contributed by atoms with Gasteiger partial charge in [0, 0.05) is 29.1 Å². The van der Waals surface area contributed by atoms with Gasteiger partial charge in [-0.25, -0.2) is 4.79 Å². The van der Waals surface area contributed by atoms with Crippen LogP contribution in [0.1, 0.15) is 111 Å². The summed E-state index contributed by atoms with van der Waals surface area (Å²) in [6.07, 6.45) is 5.34. The lowest BCUT2D eigenvalue weighted by molar-refractivity contribution is 0.0260. The summed E-state index contributed by atoms with van der Waals surface area (Å²) in [7, 11) is 0. The molecular formula is C32H40ClN5O2S. The summed E-state index contributed by atoms with van der Waals surface area (Å²) >= 11 is 8.85. The van der Waals surface area contributed by atoms with Gasteiger partial charge in [0.15, 0.2) is 5.82 Å². The van der Waals surface area contributed by atoms with E-state index in [1.165, 1.54) is 16.0 Å². The second kappa shape index (κ2) is 10.2. The standard InChI is InChI=1S/C32H40ClN5O2S/c1-18-20(3)41-29-26(18)27(34-19(2)28-36-35-21(4)38(28)29)24-9-8-23(16-25(24)33)22-10-12-32(13-11-22)14-15-37(17-32)30(39)40-31(5,6)7/h8-9,16,19,22H,10-15,17H2,1-7H3/t19-,22?,32?/m0/s1. The number of fused-ring (bicyclic) bond motifs is 3. The van der Waals surface area contributed by atoms with Crippen LogP contribution in [0.4, 0.5) is 4.79 Å². The van der Waals surface area contributed by atoms with E-state index >= 15 is 0 Å². The Morgan fingerprint density at radius 2 is 1.85 bits per heavy atom. The second-order valence-corrected chi connectivity index (χ2v) is 14.8. The van der Waals surface area contributed by atoms with Gasteiger partial charge < -0.3 is 9.64 Å². The fraction of sp³-hybridized carbons (Fsp3) is 0.562. The number of rotatable bonds is 2. The number of carbonyl (C=O) groups excluding carboxylic acids is 1. The molecule has 0 bridgehead atoms. The predicted molar refractivity (Wildman–Crippen MR) is 165 cm³/mol. The third-order valence-corrected chi connectivity index (χ3v) is 10.7. The van der Waals surface area contributed by atoms with E-state index in [1.54, 1.807) is 11.3 Å². The fourth-order valence-electron chi connectivity index (χ4n) is 6.83. The second-order valence-electron chi connectivity index (χ2n) is 13.2. The molecule has 2 aromatic heterocycles. The SMILES string of the molecule is Cc1sc2c(c1C)C(c1ccc(C3CCC4(CC3)CCN(C(=O)OC(C)(C)C)C4)cc1Cl)=N[C@@H](C)c1nnc(C)n1-2. The van der Waals surface area contributed by atoms with E-state index in [0.29, 0.717) is 5.92 Å². The molecule has 1 aliphatic carbocycles. The summed E-state index contributed by atoms with van der Waals surface area (Å²) in [4.78, 5) is 21.0. The minimum Gasteiger partial charge on any atom is -0.444 e. The monoisotopic (exact) mass is 593 g/mol. The number of benzene rings is 1. The number of halogens is 1. The van der Waals surface area contributed by atoms with Crippen LogP contribution in [0.25, 0.3) is 5.00 Å². The van der Waals surface area contributed by atoms with Gasteiger partial charge in [-0.2, -0.15) is 0 Å². The van der Waals surface area contributed by atoms with E-state index in [2.05, 4.69) is 53.7 Å². The molecule has 3 aromatic rings. The van der Waals surface area contributed by atoms with Crippen molar-refractivity contribution in [2.24, 2.45) is 10.4 Å². The summed E-state index contributed by atoms with van der Waals surface area (Å²) in [5, 5.41) is 10.7. The maximum Gasteiger partial charge on any atom is 0.410 e. The number of ether oxygens (including phenoxy) is 1. The highest BCUT2D eigenvalue weighted by molar-refractivity contribution is 7.15. The molecule has 1 amide bonds. The van der Waals surface area contributed by atoms with Crippen LogP contribution < -0.4 is 0 Å². The zero-order chi connectivity index (χ0) is 29.3. The molecule has 0 unspecified atom stereocenters. The van der Waals surface area contributed by atoms with E-state index < -0.39 is 5.60 Å². The fourth-order valence-corrected chi connectivity index (χ4v) is 8.32. The number of hydrogen-bond acceptors (Lipinski definition) is 6. The Morgan fingerprint density at radius 1 is 1.12 bits per heavy atom. The molecule has 3 aliphatic rings. The highest BCUT2D eigenvalue weighted by Crippen LogP contribution is 2.49. The molecule has 2 fully saturated rings. The lowest BCUT2D eigenvalue weighted by Gasteiger charge is -2.37. The number of amides is 1. The molecule has 218 valence electrons. The van der Waals surface area contributed by atoms with Crippen molar-refractivity contribution in [1.82, 2.24) is 19.7 Å². The van der Waals surface area contributed by atoms with Crippen LogP contribution in [0.2, 0.25) is 5.02 Å². The summed E-state index contributed by atoms with van der Waals surface area (Å²) in [6, 6.07) is 6.45. The molecule has 2 aliphatic heterocycles. The summed E-state index contributed by atoms with van der Waals surface area (Å²) in [6.45, 7) is 15.8. The van der Waals surface area contributed by atoms with Gasteiger partial charge in [0.2, 0.25) is 0 Å². The van der Waals surface area contributed by atoms with Crippen LogP contribution in [0.15, 0.2) is 23.2 Å². The molecule has 1 atom stereocenters. The highest BCUT2D eigenvalue weighted by Gasteiger charge is 2.43. The van der Waals surface area contributed by atoms with E-state index in [0.717, 1.165) is 83.7 Å². The Bertz CT molecular complexity index is 1540. The van der Waals surface area contributed by atoms with E-state index in [4.69, 9.17) is 21.3 Å². The number of nitrogens with zero attached hydrogens (tertiary/aromatic N) is 5. The molecule has 1 saturated heterocycles. The highest BCUT2D eigenvalue weighted by atomic mass is 35.5. The number of aryl methyl sites for hydroxylation is 2. The zero-order valence-electron chi connectivity index (χ0n) is 25.2. The molecule has 7 nitrogen and oxygen atoms in total. The third-order valence-electron chi connectivity index (χ3n) is 9.21. The van der Waals surface area contributed by atoms with Gasteiger partial charge in [0.25, 0.3) is 0 Å². The Balaban J connectivity index is 1.22. The Kier molecular flexibility index (Phi) is 7.09. The van der Waals surface area contributed by atoms with Gasteiger partial charge in [0.05, 0.1) is 10.7 Å². The molecule has 41 heavy (non-hydrogen) atoms. The van der Waals surface area contributed by atoms with E-state index in [9.17, 15) is 4.79 Å². The van der Waals surface area contributed by atoms with Crippen molar-refractivity contribution >= 4 is 34.7 Å². The summed E-state index contributed by atoms with van der Waals surface area (Å²) < 4.78 is 7.80. The number of thiophene rings is 1. The minimum absolute atomic E-state index is 0.137. The summed E-state index contributed by atoms with van der Waals surface area (Å²) in [5.74, 6) is 2.21. The number of aromatic nitrogens is 3. The van der Waals surface area contributed by atoms with Crippen LogP contribution >= 0.6 is 22.9 Å². The first-order valence-corrected chi connectivity index (χ1v) is 15.9. The zero-order valence-corrected chi connectivity index (χ0v) is 26.7. The van der Waals surface area contributed by atoms with Crippen molar-refractivity contribution in [1.29, 1.82) is 0 Å². The van der Waals surface area contributed by atoms with Gasteiger partial charge in [-0.1, -0.05) is 23.7 Å². The Morgan fingerprint density at radius 3 is 2.54 bits per heavy atom. The van der Waals surface area contributed by atoms with E-state index in [1.807, 2.05) is 32.6 Å². The van der Waals surface area contributed by atoms with Crippen LogP contribution in [0, 0.1) is 26.2 Å². The number of hydrogen-bond donors (Lipinski definition) is 0. The van der Waals surface area contributed by atoms with Crippen LogP contribution in [-0.4, -0.2) is 50.2 Å². The van der Waals surface area contributed by atoms with Gasteiger partial charge in [0.1, 0.15) is 22.5 Å². The first kappa shape index (κ1) is 28.4.